The summed E-state index contributed by atoms with van der Waals surface area (Å²) in [6.45, 7) is 1.91. The Morgan fingerprint density at radius 2 is 1.84 bits per heavy atom. The zero-order valence-corrected chi connectivity index (χ0v) is 17.9. The highest BCUT2D eigenvalue weighted by atomic mass is 32.2. The van der Waals surface area contributed by atoms with Gasteiger partial charge >= 0.3 is 6.36 Å². The third kappa shape index (κ3) is 5.68. The fraction of sp³-hybridized carbons (Fsp3) is 0.318. The number of alkyl halides is 3. The van der Waals surface area contributed by atoms with Crippen LogP contribution in [0.4, 0.5) is 13.2 Å². The Morgan fingerprint density at radius 1 is 1.06 bits per heavy atom. The highest BCUT2D eigenvalue weighted by molar-refractivity contribution is 7.91. The van der Waals surface area contributed by atoms with Crippen LogP contribution >= 0.6 is 0 Å². The molecule has 0 bridgehead atoms. The van der Waals surface area contributed by atoms with Gasteiger partial charge in [0.1, 0.15) is 5.75 Å². The summed E-state index contributed by atoms with van der Waals surface area (Å²) in [5.41, 5.74) is 1.84. The van der Waals surface area contributed by atoms with Gasteiger partial charge in [-0.3, -0.25) is 4.90 Å². The molecule has 1 aromatic heterocycles. The Morgan fingerprint density at radius 3 is 2.59 bits per heavy atom. The molecule has 1 fully saturated rings. The number of aromatic nitrogens is 2. The van der Waals surface area contributed by atoms with Crippen molar-refractivity contribution in [2.24, 2.45) is 5.92 Å². The molecule has 0 radical (unpaired) electrons. The minimum atomic E-state index is -4.87. The largest absolute Gasteiger partial charge is 0.573 e. The van der Waals surface area contributed by atoms with E-state index < -0.39 is 21.9 Å². The molecule has 10 heteroatoms. The van der Waals surface area contributed by atoms with Crippen molar-refractivity contribution in [2.45, 2.75) is 24.2 Å². The molecule has 0 unspecified atom stereocenters. The molecular weight excluding hydrogens is 443 g/mol. The van der Waals surface area contributed by atoms with Crippen molar-refractivity contribution in [2.75, 3.05) is 18.8 Å². The van der Waals surface area contributed by atoms with Gasteiger partial charge in [0.25, 0.3) is 0 Å². The Bertz CT molecular complexity index is 1160. The van der Waals surface area contributed by atoms with Gasteiger partial charge in [-0.25, -0.2) is 13.1 Å². The molecule has 0 saturated carbocycles. The maximum atomic E-state index is 12.8. The van der Waals surface area contributed by atoms with Gasteiger partial charge in [0, 0.05) is 19.3 Å². The third-order valence-electron chi connectivity index (χ3n) is 5.27. The molecule has 2 heterocycles. The van der Waals surface area contributed by atoms with E-state index in [4.69, 9.17) is 0 Å². The number of benzene rings is 2. The van der Waals surface area contributed by atoms with Gasteiger partial charge in [0.05, 0.1) is 22.0 Å². The average molecular weight is 465 g/mol. The first-order valence-corrected chi connectivity index (χ1v) is 11.7. The molecule has 1 aliphatic rings. The summed E-state index contributed by atoms with van der Waals surface area (Å²) in [5, 5.41) is 4.58. The van der Waals surface area contributed by atoms with E-state index in [1.807, 2.05) is 42.6 Å². The van der Waals surface area contributed by atoms with Crippen molar-refractivity contribution < 1.29 is 26.3 Å². The number of nitrogens with zero attached hydrogens (tertiary/aromatic N) is 3. The Hall–Kier alpha value is -2.85. The topological polar surface area (TPSA) is 64.4 Å². The second-order valence-corrected chi connectivity index (χ2v) is 9.82. The number of halogens is 3. The van der Waals surface area contributed by atoms with Crippen LogP contribution in [-0.2, 0) is 16.4 Å². The second kappa shape index (κ2) is 8.95. The fourth-order valence-corrected chi connectivity index (χ4v) is 5.53. The number of para-hydroxylation sites is 1. The number of hydrogen-bond acceptors (Lipinski definition) is 5. The Kier molecular flexibility index (Phi) is 6.25. The lowest BCUT2D eigenvalue weighted by atomic mass is 10.2. The number of likely N-dealkylation sites (tertiary alicyclic amines) is 1. The maximum Gasteiger partial charge on any atom is 0.573 e. The Balaban J connectivity index is 1.36. The monoisotopic (exact) mass is 465 g/mol. The molecule has 1 atom stereocenters. The van der Waals surface area contributed by atoms with Gasteiger partial charge in [-0.2, -0.15) is 5.10 Å². The first-order chi connectivity index (χ1) is 15.2. The van der Waals surface area contributed by atoms with E-state index in [0.29, 0.717) is 19.5 Å². The molecule has 4 rings (SSSR count). The molecule has 32 heavy (non-hydrogen) atoms. The molecule has 0 N–H and O–H groups in total. The van der Waals surface area contributed by atoms with Gasteiger partial charge < -0.3 is 4.74 Å². The molecule has 1 saturated heterocycles. The van der Waals surface area contributed by atoms with Crippen molar-refractivity contribution in [1.29, 1.82) is 0 Å². The van der Waals surface area contributed by atoms with Crippen molar-refractivity contribution in [3.05, 3.63) is 72.6 Å². The van der Waals surface area contributed by atoms with E-state index in [1.54, 1.807) is 4.68 Å². The zero-order chi connectivity index (χ0) is 22.8. The van der Waals surface area contributed by atoms with Crippen LogP contribution in [0.5, 0.6) is 5.75 Å². The predicted octanol–water partition coefficient (Wildman–Crippen LogP) is 4.07. The predicted molar refractivity (Wildman–Crippen MR) is 112 cm³/mol. The van der Waals surface area contributed by atoms with E-state index in [2.05, 4.69) is 14.7 Å². The van der Waals surface area contributed by atoms with Crippen LogP contribution in [0.15, 0.2) is 71.8 Å². The molecule has 2 aromatic carbocycles. The van der Waals surface area contributed by atoms with Gasteiger partial charge in [-0.15, -0.1) is 13.2 Å². The quantitative estimate of drug-likeness (QED) is 0.527. The van der Waals surface area contributed by atoms with Gasteiger partial charge in [0.15, 0.2) is 9.84 Å². The molecule has 1 aliphatic heterocycles. The van der Waals surface area contributed by atoms with Crippen LogP contribution in [0.1, 0.15) is 12.1 Å². The lowest BCUT2D eigenvalue weighted by Crippen LogP contribution is -2.23. The molecule has 0 amide bonds. The van der Waals surface area contributed by atoms with Crippen LogP contribution < -0.4 is 4.74 Å². The van der Waals surface area contributed by atoms with Crippen molar-refractivity contribution in [3.63, 3.8) is 0 Å². The van der Waals surface area contributed by atoms with E-state index in [9.17, 15) is 21.6 Å². The minimum absolute atomic E-state index is 0.108. The number of ether oxygens (including phenoxy) is 1. The molecular formula is C22H22F3N3O3S. The lowest BCUT2D eigenvalue weighted by Gasteiger charge is -2.15. The van der Waals surface area contributed by atoms with Gasteiger partial charge in [-0.1, -0.05) is 24.3 Å². The standard InChI is InChI=1S/C22H22F3N3O3S/c23-22(24,25)31-20-7-4-8-21(13-20)32(29,30)16-17-9-11-27(14-17)15-18-10-12-28(26-18)19-5-2-1-3-6-19/h1-8,10,12-13,17H,9,11,14-16H2/t17-/m1/s1. The summed E-state index contributed by atoms with van der Waals surface area (Å²) in [6, 6.07) is 16.2. The van der Waals surface area contributed by atoms with Crippen LogP contribution in [0.3, 0.4) is 0 Å². The highest BCUT2D eigenvalue weighted by Crippen LogP contribution is 2.27. The van der Waals surface area contributed by atoms with Crippen LogP contribution in [0, 0.1) is 5.92 Å². The molecule has 0 spiro atoms. The van der Waals surface area contributed by atoms with E-state index >= 15 is 0 Å². The minimum Gasteiger partial charge on any atom is -0.406 e. The summed E-state index contributed by atoms with van der Waals surface area (Å²) < 4.78 is 68.5. The summed E-state index contributed by atoms with van der Waals surface area (Å²) >= 11 is 0. The van der Waals surface area contributed by atoms with Crippen molar-refractivity contribution in [3.8, 4) is 11.4 Å². The summed E-state index contributed by atoms with van der Waals surface area (Å²) in [5.74, 6) is -0.777. The number of hydrogen-bond donors (Lipinski definition) is 0. The average Bonchev–Trinajstić information content (AvgIpc) is 3.37. The van der Waals surface area contributed by atoms with Crippen LogP contribution in [0.25, 0.3) is 5.69 Å². The normalized spacial score (nSPS) is 17.5. The SMILES string of the molecule is O=S(=O)(C[C@@H]1CCN(Cc2ccn(-c3ccccc3)n2)C1)c1cccc(OC(F)(F)F)c1. The summed E-state index contributed by atoms with van der Waals surface area (Å²) in [6.07, 6.45) is -2.29. The zero-order valence-electron chi connectivity index (χ0n) is 17.1. The molecule has 0 aliphatic carbocycles. The van der Waals surface area contributed by atoms with Crippen molar-refractivity contribution >= 4 is 9.84 Å². The van der Waals surface area contributed by atoms with E-state index in [1.165, 1.54) is 12.1 Å². The third-order valence-corrected chi connectivity index (χ3v) is 7.16. The second-order valence-electron chi connectivity index (χ2n) is 7.78. The van der Waals surface area contributed by atoms with Gasteiger partial charge in [0.2, 0.25) is 0 Å². The van der Waals surface area contributed by atoms with Crippen LogP contribution in [-0.4, -0.2) is 48.3 Å². The number of sulfone groups is 1. The molecule has 6 nitrogen and oxygen atoms in total. The van der Waals surface area contributed by atoms with E-state index in [-0.39, 0.29) is 16.6 Å². The molecule has 170 valence electrons. The summed E-state index contributed by atoms with van der Waals surface area (Å²) in [4.78, 5) is 1.97. The highest BCUT2D eigenvalue weighted by Gasteiger charge is 2.32. The smallest absolute Gasteiger partial charge is 0.406 e. The van der Waals surface area contributed by atoms with E-state index in [0.717, 1.165) is 30.1 Å². The van der Waals surface area contributed by atoms with Crippen LogP contribution in [0.2, 0.25) is 0 Å². The van der Waals surface area contributed by atoms with Crippen molar-refractivity contribution in [1.82, 2.24) is 14.7 Å². The Labute approximate surface area is 184 Å². The number of rotatable bonds is 7. The first kappa shape index (κ1) is 22.3. The lowest BCUT2D eigenvalue weighted by molar-refractivity contribution is -0.274. The maximum absolute atomic E-state index is 12.8. The first-order valence-electron chi connectivity index (χ1n) is 10.1. The fourth-order valence-electron chi connectivity index (χ4n) is 3.86. The molecule has 3 aromatic rings. The van der Waals surface area contributed by atoms with Gasteiger partial charge in [-0.05, 0) is 55.3 Å². The summed E-state index contributed by atoms with van der Waals surface area (Å²) in [7, 11) is -3.74.